The molecule has 1 heterocycles. The molecule has 0 N–H and O–H groups in total. The lowest BCUT2D eigenvalue weighted by molar-refractivity contribution is 0.0170. The number of hydrogen-bond acceptors (Lipinski definition) is 4. The van der Waals surface area contributed by atoms with Crippen LogP contribution in [0.1, 0.15) is 0 Å². The third kappa shape index (κ3) is 5.78. The maximum Gasteiger partial charge on any atom is 0.120 e. The summed E-state index contributed by atoms with van der Waals surface area (Å²) in [5, 5.41) is 0.686. The highest BCUT2D eigenvalue weighted by Crippen LogP contribution is 2.16. The molecule has 1 fully saturated rings. The highest BCUT2D eigenvalue weighted by molar-refractivity contribution is 6.30. The SMILES string of the molecule is Clc1cccc(OCCOCCN2CCOCC2)c1. The molecule has 2 rings (SSSR count). The van der Waals surface area contributed by atoms with Gasteiger partial charge in [0.1, 0.15) is 12.4 Å². The van der Waals surface area contributed by atoms with Crippen molar-refractivity contribution in [1.82, 2.24) is 4.90 Å². The van der Waals surface area contributed by atoms with E-state index in [1.807, 2.05) is 18.2 Å². The zero-order valence-corrected chi connectivity index (χ0v) is 11.8. The first-order chi connectivity index (χ1) is 9.34. The zero-order chi connectivity index (χ0) is 13.3. The highest BCUT2D eigenvalue weighted by atomic mass is 35.5. The monoisotopic (exact) mass is 285 g/mol. The molecule has 19 heavy (non-hydrogen) atoms. The van der Waals surface area contributed by atoms with Gasteiger partial charge < -0.3 is 14.2 Å². The summed E-state index contributed by atoms with van der Waals surface area (Å²) in [4.78, 5) is 2.35. The van der Waals surface area contributed by atoms with E-state index in [2.05, 4.69) is 4.90 Å². The summed E-state index contributed by atoms with van der Waals surface area (Å²) in [5.41, 5.74) is 0. The molecule has 106 valence electrons. The van der Waals surface area contributed by atoms with Gasteiger partial charge in [-0.15, -0.1) is 0 Å². The molecule has 0 saturated carbocycles. The van der Waals surface area contributed by atoms with Crippen LogP contribution in [0.5, 0.6) is 5.75 Å². The second kappa shape index (κ2) is 8.38. The number of rotatable bonds is 7. The van der Waals surface area contributed by atoms with E-state index >= 15 is 0 Å². The van der Waals surface area contributed by atoms with Gasteiger partial charge >= 0.3 is 0 Å². The van der Waals surface area contributed by atoms with Crippen molar-refractivity contribution in [2.75, 3.05) is 52.7 Å². The lowest BCUT2D eigenvalue weighted by Crippen LogP contribution is -2.38. The van der Waals surface area contributed by atoms with Crippen molar-refractivity contribution in [2.24, 2.45) is 0 Å². The molecule has 0 amide bonds. The molecule has 5 heteroatoms. The Morgan fingerprint density at radius 1 is 1.16 bits per heavy atom. The van der Waals surface area contributed by atoms with Crippen LogP contribution in [-0.4, -0.2) is 57.6 Å². The molecule has 0 spiro atoms. The van der Waals surface area contributed by atoms with Crippen LogP contribution in [0.3, 0.4) is 0 Å². The quantitative estimate of drug-likeness (QED) is 0.718. The first-order valence-corrected chi connectivity index (χ1v) is 6.98. The maximum absolute atomic E-state index is 5.87. The van der Waals surface area contributed by atoms with Gasteiger partial charge in [0.25, 0.3) is 0 Å². The van der Waals surface area contributed by atoms with Crippen molar-refractivity contribution in [2.45, 2.75) is 0 Å². The Morgan fingerprint density at radius 3 is 2.79 bits per heavy atom. The highest BCUT2D eigenvalue weighted by Gasteiger charge is 2.09. The van der Waals surface area contributed by atoms with Crippen molar-refractivity contribution in [3.8, 4) is 5.75 Å². The summed E-state index contributed by atoms with van der Waals surface area (Å²) < 4.78 is 16.4. The van der Waals surface area contributed by atoms with Crippen molar-refractivity contribution >= 4 is 11.6 Å². The molecule has 0 bridgehead atoms. The van der Waals surface area contributed by atoms with E-state index < -0.39 is 0 Å². The molecular formula is C14H20ClNO3. The average molecular weight is 286 g/mol. The molecule has 1 saturated heterocycles. The van der Waals surface area contributed by atoms with E-state index in [1.54, 1.807) is 6.07 Å². The van der Waals surface area contributed by atoms with Crippen molar-refractivity contribution in [3.63, 3.8) is 0 Å². The molecule has 4 nitrogen and oxygen atoms in total. The molecular weight excluding hydrogens is 266 g/mol. The van der Waals surface area contributed by atoms with Crippen LogP contribution in [-0.2, 0) is 9.47 Å². The third-order valence-electron chi connectivity index (χ3n) is 2.95. The number of hydrogen-bond donors (Lipinski definition) is 0. The van der Waals surface area contributed by atoms with E-state index in [0.717, 1.165) is 45.2 Å². The number of benzene rings is 1. The summed E-state index contributed by atoms with van der Waals surface area (Å²) in [7, 11) is 0. The summed E-state index contributed by atoms with van der Waals surface area (Å²) in [6.07, 6.45) is 0. The van der Waals surface area contributed by atoms with Gasteiger partial charge in [-0.1, -0.05) is 17.7 Å². The maximum atomic E-state index is 5.87. The Labute approximate surface area is 119 Å². The molecule has 1 aliphatic rings. The van der Waals surface area contributed by atoms with Crippen LogP contribution in [0.15, 0.2) is 24.3 Å². The van der Waals surface area contributed by atoms with Crippen LogP contribution < -0.4 is 4.74 Å². The smallest absolute Gasteiger partial charge is 0.120 e. The van der Waals surface area contributed by atoms with Gasteiger partial charge in [-0.05, 0) is 18.2 Å². The summed E-state index contributed by atoms with van der Waals surface area (Å²) >= 11 is 5.87. The number of nitrogens with zero attached hydrogens (tertiary/aromatic N) is 1. The van der Waals surface area contributed by atoms with Crippen LogP contribution >= 0.6 is 11.6 Å². The Bertz CT molecular complexity index is 369. The molecule has 0 radical (unpaired) electrons. The fourth-order valence-electron chi connectivity index (χ4n) is 1.90. The van der Waals surface area contributed by atoms with E-state index in [-0.39, 0.29) is 0 Å². The average Bonchev–Trinajstić information content (AvgIpc) is 2.44. The Balaban J connectivity index is 1.50. The third-order valence-corrected chi connectivity index (χ3v) is 3.18. The largest absolute Gasteiger partial charge is 0.491 e. The van der Waals surface area contributed by atoms with Crippen molar-refractivity contribution in [1.29, 1.82) is 0 Å². The Morgan fingerprint density at radius 2 is 2.00 bits per heavy atom. The fraction of sp³-hybridized carbons (Fsp3) is 0.571. The van der Waals surface area contributed by atoms with Crippen LogP contribution in [0.2, 0.25) is 5.02 Å². The van der Waals surface area contributed by atoms with Gasteiger partial charge in [0.2, 0.25) is 0 Å². The fourth-order valence-corrected chi connectivity index (χ4v) is 2.08. The van der Waals surface area contributed by atoms with E-state index in [1.165, 1.54) is 0 Å². The topological polar surface area (TPSA) is 30.9 Å². The normalized spacial score (nSPS) is 16.5. The molecule has 0 aromatic heterocycles. The minimum atomic E-state index is 0.545. The first kappa shape index (κ1) is 14.6. The lowest BCUT2D eigenvalue weighted by atomic mass is 10.3. The summed E-state index contributed by atoms with van der Waals surface area (Å²) in [5.74, 6) is 0.782. The van der Waals surface area contributed by atoms with Crippen molar-refractivity contribution in [3.05, 3.63) is 29.3 Å². The molecule has 0 unspecified atom stereocenters. The predicted octanol–water partition coefficient (Wildman–Crippen LogP) is 2.07. The van der Waals surface area contributed by atoms with E-state index in [0.29, 0.717) is 18.2 Å². The molecule has 1 aromatic carbocycles. The second-order valence-electron chi connectivity index (χ2n) is 4.37. The van der Waals surface area contributed by atoms with Gasteiger partial charge in [-0.25, -0.2) is 0 Å². The molecule has 0 atom stereocenters. The van der Waals surface area contributed by atoms with Gasteiger partial charge in [0.15, 0.2) is 0 Å². The number of morpholine rings is 1. The summed E-state index contributed by atoms with van der Waals surface area (Å²) in [6.45, 7) is 6.50. The predicted molar refractivity (Wildman–Crippen MR) is 75.0 cm³/mol. The van der Waals surface area contributed by atoms with E-state index in [9.17, 15) is 0 Å². The second-order valence-corrected chi connectivity index (χ2v) is 4.81. The number of ether oxygens (including phenoxy) is 3. The minimum Gasteiger partial charge on any atom is -0.491 e. The molecule has 0 aliphatic carbocycles. The summed E-state index contributed by atoms with van der Waals surface area (Å²) in [6, 6.07) is 7.39. The van der Waals surface area contributed by atoms with Gasteiger partial charge in [0.05, 0.1) is 26.4 Å². The van der Waals surface area contributed by atoms with Gasteiger partial charge in [-0.3, -0.25) is 4.90 Å². The van der Waals surface area contributed by atoms with E-state index in [4.69, 9.17) is 25.8 Å². The lowest BCUT2D eigenvalue weighted by Gasteiger charge is -2.26. The van der Waals surface area contributed by atoms with Crippen LogP contribution in [0.4, 0.5) is 0 Å². The molecule has 1 aliphatic heterocycles. The zero-order valence-electron chi connectivity index (χ0n) is 11.0. The Hall–Kier alpha value is -0.810. The van der Waals surface area contributed by atoms with Crippen LogP contribution in [0, 0.1) is 0 Å². The standard InChI is InChI=1S/C14H20ClNO3/c15-13-2-1-3-14(12-13)19-11-10-18-9-6-16-4-7-17-8-5-16/h1-3,12H,4-11H2. The number of halogens is 1. The van der Waals surface area contributed by atoms with Gasteiger partial charge in [-0.2, -0.15) is 0 Å². The Kier molecular flexibility index (Phi) is 6.44. The first-order valence-electron chi connectivity index (χ1n) is 6.61. The molecule has 1 aromatic rings. The van der Waals surface area contributed by atoms with Gasteiger partial charge in [0, 0.05) is 24.7 Å². The van der Waals surface area contributed by atoms with Crippen LogP contribution in [0.25, 0.3) is 0 Å². The minimum absolute atomic E-state index is 0.545. The van der Waals surface area contributed by atoms with Crippen molar-refractivity contribution < 1.29 is 14.2 Å².